The van der Waals surface area contributed by atoms with Crippen LogP contribution >= 0.6 is 0 Å². The van der Waals surface area contributed by atoms with Gasteiger partial charge >= 0.3 is 0 Å². The fourth-order valence-corrected chi connectivity index (χ4v) is 1.67. The van der Waals surface area contributed by atoms with Gasteiger partial charge in [-0.1, -0.05) is 26.0 Å². The van der Waals surface area contributed by atoms with Gasteiger partial charge in [0.25, 0.3) is 5.91 Å². The third-order valence-electron chi connectivity index (χ3n) is 2.89. The molecule has 18 heavy (non-hydrogen) atoms. The van der Waals surface area contributed by atoms with E-state index in [1.807, 2.05) is 18.2 Å². The van der Waals surface area contributed by atoms with Crippen molar-refractivity contribution < 1.29 is 9.53 Å². The van der Waals surface area contributed by atoms with Crippen LogP contribution in [-0.2, 0) is 11.3 Å². The minimum atomic E-state index is -0.0824. The molecule has 1 unspecified atom stereocenters. The average molecular weight is 250 g/mol. The van der Waals surface area contributed by atoms with E-state index < -0.39 is 0 Å². The van der Waals surface area contributed by atoms with Gasteiger partial charge in [0.2, 0.25) is 0 Å². The smallest absolute Gasteiger partial charge is 0.251 e. The molecule has 1 aromatic carbocycles. The molecule has 1 aromatic rings. The molecule has 0 saturated carbocycles. The largest absolute Gasteiger partial charge is 0.383 e. The summed E-state index contributed by atoms with van der Waals surface area (Å²) in [7, 11) is 1.64. The summed E-state index contributed by atoms with van der Waals surface area (Å²) in [5.41, 5.74) is 7.16. The summed E-state index contributed by atoms with van der Waals surface area (Å²) >= 11 is 0. The van der Waals surface area contributed by atoms with E-state index in [2.05, 4.69) is 19.2 Å². The lowest BCUT2D eigenvalue weighted by Gasteiger charge is -2.21. The Morgan fingerprint density at radius 2 is 2.17 bits per heavy atom. The van der Waals surface area contributed by atoms with E-state index in [-0.39, 0.29) is 11.9 Å². The first-order valence-corrected chi connectivity index (χ1v) is 6.17. The van der Waals surface area contributed by atoms with Crippen LogP contribution in [0.5, 0.6) is 0 Å². The second-order valence-corrected chi connectivity index (χ2v) is 4.68. The maximum absolute atomic E-state index is 12.1. The van der Waals surface area contributed by atoms with Crippen LogP contribution in [0, 0.1) is 5.92 Å². The molecular weight excluding hydrogens is 228 g/mol. The fraction of sp³-hybridized carbons (Fsp3) is 0.500. The van der Waals surface area contributed by atoms with Crippen molar-refractivity contribution in [2.75, 3.05) is 13.7 Å². The topological polar surface area (TPSA) is 64.3 Å². The Balaban J connectivity index is 2.73. The van der Waals surface area contributed by atoms with Crippen LogP contribution in [0.15, 0.2) is 24.3 Å². The maximum Gasteiger partial charge on any atom is 0.251 e. The number of rotatable bonds is 6. The Hall–Kier alpha value is -1.39. The minimum absolute atomic E-state index is 0.0176. The third-order valence-corrected chi connectivity index (χ3v) is 2.89. The van der Waals surface area contributed by atoms with Crippen LogP contribution in [-0.4, -0.2) is 25.7 Å². The maximum atomic E-state index is 12.1. The van der Waals surface area contributed by atoms with E-state index in [9.17, 15) is 4.79 Å². The van der Waals surface area contributed by atoms with E-state index in [0.717, 1.165) is 5.56 Å². The average Bonchev–Trinajstić information content (AvgIpc) is 2.38. The number of hydrogen-bond donors (Lipinski definition) is 2. The van der Waals surface area contributed by atoms with Gasteiger partial charge < -0.3 is 15.8 Å². The first-order chi connectivity index (χ1) is 8.58. The highest BCUT2D eigenvalue weighted by molar-refractivity contribution is 5.94. The number of carbonyl (C=O) groups is 1. The number of methoxy groups -OCH3 is 1. The number of nitrogens with two attached hydrogens (primary N) is 1. The molecule has 0 fully saturated rings. The van der Waals surface area contributed by atoms with Gasteiger partial charge in [-0.2, -0.15) is 0 Å². The fourth-order valence-electron chi connectivity index (χ4n) is 1.67. The number of nitrogens with one attached hydrogen (secondary N) is 1. The second kappa shape index (κ2) is 7.13. The molecule has 0 aliphatic carbocycles. The van der Waals surface area contributed by atoms with Crippen LogP contribution in [0.1, 0.15) is 29.8 Å². The molecule has 3 N–H and O–H groups in total. The zero-order valence-corrected chi connectivity index (χ0v) is 11.3. The molecule has 1 amide bonds. The van der Waals surface area contributed by atoms with E-state index in [0.29, 0.717) is 24.6 Å². The van der Waals surface area contributed by atoms with Crippen LogP contribution < -0.4 is 11.1 Å². The van der Waals surface area contributed by atoms with E-state index >= 15 is 0 Å². The predicted octanol–water partition coefficient (Wildman–Crippen LogP) is 1.55. The molecule has 0 bridgehead atoms. The van der Waals surface area contributed by atoms with Crippen molar-refractivity contribution in [1.82, 2.24) is 5.32 Å². The van der Waals surface area contributed by atoms with E-state index in [1.54, 1.807) is 13.2 Å². The Morgan fingerprint density at radius 3 is 2.72 bits per heavy atom. The minimum Gasteiger partial charge on any atom is -0.383 e. The molecule has 100 valence electrons. The molecule has 0 aliphatic heterocycles. The van der Waals surface area contributed by atoms with Crippen LogP contribution in [0.2, 0.25) is 0 Å². The van der Waals surface area contributed by atoms with Gasteiger partial charge in [-0.3, -0.25) is 4.79 Å². The van der Waals surface area contributed by atoms with Gasteiger partial charge in [0.1, 0.15) is 0 Å². The summed E-state index contributed by atoms with van der Waals surface area (Å²) in [5, 5.41) is 2.98. The lowest BCUT2D eigenvalue weighted by molar-refractivity contribution is 0.0866. The van der Waals surface area contributed by atoms with Crippen molar-refractivity contribution in [3.8, 4) is 0 Å². The molecule has 1 rings (SSSR count). The molecule has 4 nitrogen and oxygen atoms in total. The normalized spacial score (nSPS) is 12.5. The highest BCUT2D eigenvalue weighted by atomic mass is 16.5. The van der Waals surface area contributed by atoms with Crippen LogP contribution in [0.25, 0.3) is 0 Å². The van der Waals surface area contributed by atoms with Crippen molar-refractivity contribution in [2.45, 2.75) is 26.4 Å². The van der Waals surface area contributed by atoms with Crippen molar-refractivity contribution in [1.29, 1.82) is 0 Å². The molecule has 1 atom stereocenters. The first kappa shape index (κ1) is 14.7. The van der Waals surface area contributed by atoms with Gasteiger partial charge in [0, 0.05) is 19.2 Å². The zero-order chi connectivity index (χ0) is 13.5. The highest BCUT2D eigenvalue weighted by Crippen LogP contribution is 2.07. The summed E-state index contributed by atoms with van der Waals surface area (Å²) in [6, 6.07) is 7.38. The quantitative estimate of drug-likeness (QED) is 0.805. The van der Waals surface area contributed by atoms with Crippen molar-refractivity contribution in [3.63, 3.8) is 0 Å². The summed E-state index contributed by atoms with van der Waals surface area (Å²) in [6.45, 7) is 5.06. The zero-order valence-electron chi connectivity index (χ0n) is 11.3. The lowest BCUT2D eigenvalue weighted by atomic mass is 10.0. The predicted molar refractivity (Wildman–Crippen MR) is 72.3 cm³/mol. The standard InChI is InChI=1S/C14H22N2O2/c1-10(2)13(9-18-3)16-14(17)12-6-4-5-11(7-12)8-15/h4-7,10,13H,8-9,15H2,1-3H3,(H,16,17). The summed E-state index contributed by atoms with van der Waals surface area (Å²) in [4.78, 5) is 12.1. The monoisotopic (exact) mass is 250 g/mol. The summed E-state index contributed by atoms with van der Waals surface area (Å²) < 4.78 is 5.11. The summed E-state index contributed by atoms with van der Waals surface area (Å²) in [6.07, 6.45) is 0. The first-order valence-electron chi connectivity index (χ1n) is 6.17. The van der Waals surface area contributed by atoms with Gasteiger partial charge in [-0.05, 0) is 23.6 Å². The summed E-state index contributed by atoms with van der Waals surface area (Å²) in [5.74, 6) is 0.243. The number of benzene rings is 1. The number of hydrogen-bond acceptors (Lipinski definition) is 3. The van der Waals surface area contributed by atoms with Gasteiger partial charge in [-0.25, -0.2) is 0 Å². The molecule has 0 spiro atoms. The molecule has 4 heteroatoms. The Kier molecular flexibility index (Phi) is 5.82. The molecule has 0 saturated heterocycles. The van der Waals surface area contributed by atoms with Gasteiger partial charge in [-0.15, -0.1) is 0 Å². The van der Waals surface area contributed by atoms with Crippen molar-refractivity contribution in [3.05, 3.63) is 35.4 Å². The van der Waals surface area contributed by atoms with Crippen LogP contribution in [0.4, 0.5) is 0 Å². The Labute approximate surface area is 109 Å². The van der Waals surface area contributed by atoms with Crippen LogP contribution in [0.3, 0.4) is 0 Å². The van der Waals surface area contributed by atoms with Gasteiger partial charge in [0.05, 0.1) is 12.6 Å². The Morgan fingerprint density at radius 1 is 1.44 bits per heavy atom. The lowest BCUT2D eigenvalue weighted by Crippen LogP contribution is -2.41. The highest BCUT2D eigenvalue weighted by Gasteiger charge is 2.16. The Bertz CT molecular complexity index is 391. The number of ether oxygens (including phenoxy) is 1. The molecule has 0 radical (unpaired) electrons. The third kappa shape index (κ3) is 4.13. The molecule has 0 heterocycles. The SMILES string of the molecule is COCC(NC(=O)c1cccc(CN)c1)C(C)C. The molecule has 0 aromatic heterocycles. The molecule has 0 aliphatic rings. The number of amides is 1. The second-order valence-electron chi connectivity index (χ2n) is 4.68. The number of carbonyl (C=O) groups excluding carboxylic acids is 1. The van der Waals surface area contributed by atoms with Gasteiger partial charge in [0.15, 0.2) is 0 Å². The van der Waals surface area contributed by atoms with Crippen molar-refractivity contribution >= 4 is 5.91 Å². The van der Waals surface area contributed by atoms with Crippen molar-refractivity contribution in [2.24, 2.45) is 11.7 Å². The van der Waals surface area contributed by atoms with E-state index in [1.165, 1.54) is 0 Å². The molecular formula is C14H22N2O2. The van der Waals surface area contributed by atoms with E-state index in [4.69, 9.17) is 10.5 Å².